The molecule has 156 valence electrons. The van der Waals surface area contributed by atoms with Crippen molar-refractivity contribution in [2.24, 2.45) is 0 Å². The van der Waals surface area contributed by atoms with E-state index in [0.29, 0.717) is 5.92 Å². The maximum Gasteiger partial charge on any atom is 0.115 e. The molecule has 3 N–H and O–H groups in total. The van der Waals surface area contributed by atoms with Crippen LogP contribution in [0, 0.1) is 0 Å². The SMILES string of the molecule is CC(NCCCC1c2ccccc2CCc2ccccc21)C(O)c1ccc(O)cc1. The van der Waals surface area contributed by atoms with Gasteiger partial charge in [-0.2, -0.15) is 0 Å². The summed E-state index contributed by atoms with van der Waals surface area (Å²) in [6.07, 6.45) is 3.75. The molecule has 0 saturated heterocycles. The van der Waals surface area contributed by atoms with E-state index in [-0.39, 0.29) is 11.8 Å². The number of fused-ring (bicyclic) bond motifs is 2. The van der Waals surface area contributed by atoms with Gasteiger partial charge < -0.3 is 15.5 Å². The van der Waals surface area contributed by atoms with Gasteiger partial charge in [-0.1, -0.05) is 60.7 Å². The lowest BCUT2D eigenvalue weighted by Crippen LogP contribution is -2.33. The summed E-state index contributed by atoms with van der Waals surface area (Å²) in [5, 5.41) is 23.5. The fraction of sp³-hybridized carbons (Fsp3) is 0.333. The van der Waals surface area contributed by atoms with Gasteiger partial charge in [0.2, 0.25) is 0 Å². The van der Waals surface area contributed by atoms with Crippen LogP contribution in [0.25, 0.3) is 0 Å². The van der Waals surface area contributed by atoms with Gasteiger partial charge >= 0.3 is 0 Å². The first-order valence-corrected chi connectivity index (χ1v) is 11.0. The van der Waals surface area contributed by atoms with Crippen LogP contribution in [0.15, 0.2) is 72.8 Å². The topological polar surface area (TPSA) is 52.5 Å². The Morgan fingerprint density at radius 3 is 2.03 bits per heavy atom. The molecule has 0 aliphatic heterocycles. The number of aliphatic hydroxyl groups is 1. The minimum absolute atomic E-state index is 0.0525. The largest absolute Gasteiger partial charge is 0.508 e. The van der Waals surface area contributed by atoms with Gasteiger partial charge in [0.15, 0.2) is 0 Å². The Morgan fingerprint density at radius 1 is 0.867 bits per heavy atom. The molecule has 4 rings (SSSR count). The van der Waals surface area contributed by atoms with Crippen molar-refractivity contribution in [3.05, 3.63) is 101 Å². The smallest absolute Gasteiger partial charge is 0.115 e. The van der Waals surface area contributed by atoms with Gasteiger partial charge in [0.05, 0.1) is 6.10 Å². The van der Waals surface area contributed by atoms with E-state index in [9.17, 15) is 10.2 Å². The van der Waals surface area contributed by atoms with E-state index in [1.54, 1.807) is 24.3 Å². The summed E-state index contributed by atoms with van der Waals surface area (Å²) in [5.74, 6) is 0.648. The van der Waals surface area contributed by atoms with Gasteiger partial charge in [0.1, 0.15) is 5.75 Å². The monoisotopic (exact) mass is 401 g/mol. The first-order chi connectivity index (χ1) is 14.6. The molecular weight excluding hydrogens is 370 g/mol. The van der Waals surface area contributed by atoms with E-state index in [4.69, 9.17) is 0 Å². The van der Waals surface area contributed by atoms with Crippen LogP contribution in [0.5, 0.6) is 5.75 Å². The number of aromatic hydroxyl groups is 1. The number of hydrogen-bond acceptors (Lipinski definition) is 3. The molecule has 0 aromatic heterocycles. The Hall–Kier alpha value is -2.62. The van der Waals surface area contributed by atoms with Gasteiger partial charge in [0.25, 0.3) is 0 Å². The van der Waals surface area contributed by atoms with Crippen LogP contribution in [0.1, 0.15) is 59.6 Å². The standard InChI is InChI=1S/C27H31NO2/c1-19(27(30)22-14-16-23(29)17-15-22)28-18-6-11-26-24-9-4-2-7-20(24)12-13-21-8-3-5-10-25(21)26/h2-5,7-10,14-17,19,26-30H,6,11-13,18H2,1H3. The molecule has 30 heavy (non-hydrogen) atoms. The van der Waals surface area contributed by atoms with Crippen molar-refractivity contribution in [3.63, 3.8) is 0 Å². The molecule has 0 spiro atoms. The predicted octanol–water partition coefficient (Wildman–Crippen LogP) is 5.11. The van der Waals surface area contributed by atoms with Crippen molar-refractivity contribution in [3.8, 4) is 5.75 Å². The van der Waals surface area contributed by atoms with Crippen molar-refractivity contribution in [1.82, 2.24) is 5.32 Å². The summed E-state index contributed by atoms with van der Waals surface area (Å²) in [6, 6.07) is 24.5. The highest BCUT2D eigenvalue weighted by molar-refractivity contribution is 5.44. The number of phenols is 1. The fourth-order valence-electron chi connectivity index (χ4n) is 4.66. The second kappa shape index (κ2) is 9.46. The number of aryl methyl sites for hydroxylation is 2. The summed E-state index contributed by atoms with van der Waals surface area (Å²) in [5.41, 5.74) is 6.71. The van der Waals surface area contributed by atoms with Gasteiger partial charge in [-0.05, 0) is 79.1 Å². The van der Waals surface area contributed by atoms with Crippen molar-refractivity contribution >= 4 is 0 Å². The Kier molecular flexibility index (Phi) is 6.51. The Labute approximate surface area is 179 Å². The van der Waals surface area contributed by atoms with Crippen molar-refractivity contribution in [1.29, 1.82) is 0 Å². The molecule has 1 aliphatic carbocycles. The number of nitrogens with one attached hydrogen (secondary N) is 1. The van der Waals surface area contributed by atoms with Gasteiger partial charge in [-0.3, -0.25) is 0 Å². The zero-order valence-electron chi connectivity index (χ0n) is 17.6. The number of phenolic OH excluding ortho intramolecular Hbond substituents is 1. The van der Waals surface area contributed by atoms with Crippen molar-refractivity contribution in [2.45, 2.75) is 50.7 Å². The highest BCUT2D eigenvalue weighted by Crippen LogP contribution is 2.37. The van der Waals surface area contributed by atoms with E-state index < -0.39 is 6.10 Å². The predicted molar refractivity (Wildman–Crippen MR) is 122 cm³/mol. The molecule has 2 atom stereocenters. The quantitative estimate of drug-likeness (QED) is 0.482. The van der Waals surface area contributed by atoms with E-state index in [1.165, 1.54) is 22.3 Å². The van der Waals surface area contributed by atoms with Gasteiger partial charge in [-0.25, -0.2) is 0 Å². The molecule has 2 unspecified atom stereocenters. The highest BCUT2D eigenvalue weighted by atomic mass is 16.3. The molecule has 0 amide bonds. The van der Waals surface area contributed by atoms with Crippen LogP contribution in [0.2, 0.25) is 0 Å². The van der Waals surface area contributed by atoms with Crippen LogP contribution in [-0.4, -0.2) is 22.8 Å². The molecule has 0 saturated carbocycles. The van der Waals surface area contributed by atoms with Gasteiger partial charge in [0, 0.05) is 12.0 Å². The zero-order valence-corrected chi connectivity index (χ0v) is 17.6. The normalized spacial score (nSPS) is 15.7. The highest BCUT2D eigenvalue weighted by Gasteiger charge is 2.23. The summed E-state index contributed by atoms with van der Waals surface area (Å²) in [6.45, 7) is 2.87. The van der Waals surface area contributed by atoms with Crippen LogP contribution < -0.4 is 5.32 Å². The summed E-state index contributed by atoms with van der Waals surface area (Å²) >= 11 is 0. The average molecular weight is 402 g/mol. The lowest BCUT2D eigenvalue weighted by Gasteiger charge is -2.23. The van der Waals surface area contributed by atoms with Crippen molar-refractivity contribution < 1.29 is 10.2 Å². The fourth-order valence-corrected chi connectivity index (χ4v) is 4.66. The maximum atomic E-state index is 10.6. The molecule has 0 fully saturated rings. The molecule has 1 aliphatic rings. The molecule has 0 radical (unpaired) electrons. The summed E-state index contributed by atoms with van der Waals surface area (Å²) in [4.78, 5) is 0. The van der Waals surface area contributed by atoms with E-state index in [2.05, 4.69) is 53.8 Å². The Morgan fingerprint density at radius 2 is 1.43 bits per heavy atom. The minimum atomic E-state index is -0.593. The summed E-state index contributed by atoms with van der Waals surface area (Å²) in [7, 11) is 0. The zero-order chi connectivity index (χ0) is 20.9. The molecule has 0 bridgehead atoms. The second-order valence-electron chi connectivity index (χ2n) is 8.37. The molecule has 3 nitrogen and oxygen atoms in total. The number of aliphatic hydroxyl groups excluding tert-OH is 1. The molecule has 3 aromatic rings. The Bertz CT molecular complexity index is 919. The number of rotatable bonds is 7. The Balaban J connectivity index is 1.39. The van der Waals surface area contributed by atoms with E-state index >= 15 is 0 Å². The summed E-state index contributed by atoms with van der Waals surface area (Å²) < 4.78 is 0. The number of benzene rings is 3. The average Bonchev–Trinajstić information content (AvgIpc) is 2.94. The van der Waals surface area contributed by atoms with Crippen LogP contribution in [-0.2, 0) is 12.8 Å². The molecular formula is C27H31NO2. The first kappa shape index (κ1) is 20.6. The lowest BCUT2D eigenvalue weighted by molar-refractivity contribution is 0.136. The molecule has 3 heteroatoms. The minimum Gasteiger partial charge on any atom is -0.508 e. The van der Waals surface area contributed by atoms with Crippen molar-refractivity contribution in [2.75, 3.05) is 6.54 Å². The third kappa shape index (κ3) is 4.58. The van der Waals surface area contributed by atoms with Crippen LogP contribution in [0.3, 0.4) is 0 Å². The van der Waals surface area contributed by atoms with Crippen LogP contribution in [0.4, 0.5) is 0 Å². The third-order valence-electron chi connectivity index (χ3n) is 6.37. The maximum absolute atomic E-state index is 10.6. The van der Waals surface area contributed by atoms with Gasteiger partial charge in [-0.15, -0.1) is 0 Å². The lowest BCUT2D eigenvalue weighted by atomic mass is 9.85. The molecule has 3 aromatic carbocycles. The molecule has 0 heterocycles. The second-order valence-corrected chi connectivity index (χ2v) is 8.37. The number of hydrogen-bond donors (Lipinski definition) is 3. The first-order valence-electron chi connectivity index (χ1n) is 11.0. The van der Waals surface area contributed by atoms with E-state index in [1.807, 2.05) is 6.92 Å². The van der Waals surface area contributed by atoms with Crippen LogP contribution >= 0.6 is 0 Å². The van der Waals surface area contributed by atoms with E-state index in [0.717, 1.165) is 37.8 Å². The third-order valence-corrected chi connectivity index (χ3v) is 6.37.